The molecule has 1 heterocycles. The highest BCUT2D eigenvalue weighted by Crippen LogP contribution is 2.41. The van der Waals surface area contributed by atoms with Crippen LogP contribution in [0.5, 0.6) is 0 Å². The summed E-state index contributed by atoms with van der Waals surface area (Å²) in [6.45, 7) is 1.10. The fourth-order valence-electron chi connectivity index (χ4n) is 1.28. The Hall–Kier alpha value is -1.80. The Morgan fingerprint density at radius 1 is 1.41 bits per heavy atom. The number of aromatic nitrogens is 1. The molecule has 0 atom stereocenters. The molecule has 0 aliphatic rings. The monoisotopic (exact) mass is 256 g/mol. The number of hydrogen-bond acceptors (Lipinski definition) is 3. The minimum absolute atomic E-state index is 0.278. The van der Waals surface area contributed by atoms with Crippen LogP contribution in [0.1, 0.15) is 23.2 Å². The van der Waals surface area contributed by atoms with Gasteiger partial charge in [0.2, 0.25) is 0 Å². The van der Waals surface area contributed by atoms with Crippen LogP contribution in [-0.4, -0.2) is 9.91 Å². The van der Waals surface area contributed by atoms with E-state index in [9.17, 15) is 32.1 Å². The number of nitro groups is 1. The number of aryl methyl sites for hydroxylation is 1. The van der Waals surface area contributed by atoms with Crippen molar-refractivity contribution in [1.82, 2.24) is 4.98 Å². The fraction of sp³-hybridized carbons (Fsp3) is 0.375. The predicted octanol–water partition coefficient (Wildman–Crippen LogP) is 3.25. The zero-order valence-electron chi connectivity index (χ0n) is 8.26. The van der Waals surface area contributed by atoms with Crippen molar-refractivity contribution in [2.75, 3.05) is 0 Å². The third-order valence-corrected chi connectivity index (χ3v) is 1.85. The first-order valence-corrected chi connectivity index (χ1v) is 4.16. The zero-order chi connectivity index (χ0) is 13.4. The highest BCUT2D eigenvalue weighted by Gasteiger charge is 2.44. The average Bonchev–Trinajstić information content (AvgIpc) is 2.14. The molecular weight excluding hydrogens is 251 g/mol. The summed E-state index contributed by atoms with van der Waals surface area (Å²) in [6.07, 6.45) is -8.72. The van der Waals surface area contributed by atoms with E-state index in [2.05, 4.69) is 4.98 Å². The second-order valence-electron chi connectivity index (χ2n) is 3.11. The molecule has 0 spiro atoms. The highest BCUT2D eigenvalue weighted by atomic mass is 19.4. The van der Waals surface area contributed by atoms with E-state index in [0.717, 1.165) is 6.92 Å². The Labute approximate surface area is 91.2 Å². The topological polar surface area (TPSA) is 56.0 Å². The van der Waals surface area contributed by atoms with Crippen molar-refractivity contribution in [3.63, 3.8) is 0 Å². The minimum Gasteiger partial charge on any atom is -0.358 e. The van der Waals surface area contributed by atoms with E-state index < -0.39 is 34.5 Å². The Morgan fingerprint density at radius 3 is 2.29 bits per heavy atom. The maximum atomic E-state index is 12.5. The molecule has 9 heteroatoms. The third-order valence-electron chi connectivity index (χ3n) is 1.85. The van der Waals surface area contributed by atoms with Crippen molar-refractivity contribution in [1.29, 1.82) is 0 Å². The SMILES string of the molecule is Cc1cc(C(F)F)c(C(F)(F)F)c([N+](=O)[O-])n1. The Bertz CT molecular complexity index is 458. The smallest absolute Gasteiger partial charge is 0.358 e. The van der Waals surface area contributed by atoms with Gasteiger partial charge in [-0.3, -0.25) is 0 Å². The number of rotatable bonds is 2. The van der Waals surface area contributed by atoms with Crippen LogP contribution in [0.25, 0.3) is 0 Å². The first kappa shape index (κ1) is 13.3. The molecule has 1 aromatic rings. The summed E-state index contributed by atoms with van der Waals surface area (Å²) in [4.78, 5) is 12.0. The molecule has 0 saturated heterocycles. The Morgan fingerprint density at radius 2 is 1.94 bits per heavy atom. The van der Waals surface area contributed by atoms with Crippen LogP contribution in [0, 0.1) is 17.0 Å². The largest absolute Gasteiger partial charge is 0.425 e. The summed E-state index contributed by atoms with van der Waals surface area (Å²) in [7, 11) is 0. The van der Waals surface area contributed by atoms with Crippen molar-refractivity contribution in [2.24, 2.45) is 0 Å². The van der Waals surface area contributed by atoms with Gasteiger partial charge in [0.1, 0.15) is 0 Å². The molecule has 0 saturated carbocycles. The molecule has 0 unspecified atom stereocenters. The fourth-order valence-corrected chi connectivity index (χ4v) is 1.28. The van der Waals surface area contributed by atoms with E-state index in [0.29, 0.717) is 6.07 Å². The van der Waals surface area contributed by atoms with Gasteiger partial charge in [0, 0.05) is 12.5 Å². The number of pyridine rings is 1. The van der Waals surface area contributed by atoms with Crippen molar-refractivity contribution in [3.05, 3.63) is 33.0 Å². The molecule has 0 N–H and O–H groups in total. The second-order valence-corrected chi connectivity index (χ2v) is 3.11. The van der Waals surface area contributed by atoms with Gasteiger partial charge < -0.3 is 10.1 Å². The molecule has 0 bridgehead atoms. The lowest BCUT2D eigenvalue weighted by molar-refractivity contribution is -0.393. The van der Waals surface area contributed by atoms with Crippen LogP contribution in [-0.2, 0) is 6.18 Å². The van der Waals surface area contributed by atoms with Crippen molar-refractivity contribution < 1.29 is 26.9 Å². The minimum atomic E-state index is -5.26. The van der Waals surface area contributed by atoms with Crippen molar-refractivity contribution in [3.8, 4) is 0 Å². The van der Waals surface area contributed by atoms with Gasteiger partial charge in [0.15, 0.2) is 11.3 Å². The molecule has 0 amide bonds. The lowest BCUT2D eigenvalue weighted by Gasteiger charge is -2.12. The molecule has 0 aromatic carbocycles. The van der Waals surface area contributed by atoms with Gasteiger partial charge >= 0.3 is 12.0 Å². The third kappa shape index (κ3) is 2.66. The van der Waals surface area contributed by atoms with Crippen LogP contribution < -0.4 is 0 Å². The van der Waals surface area contributed by atoms with Crippen LogP contribution in [0.2, 0.25) is 0 Å². The number of hydrogen-bond donors (Lipinski definition) is 0. The van der Waals surface area contributed by atoms with Crippen molar-refractivity contribution >= 4 is 5.82 Å². The lowest BCUT2D eigenvalue weighted by atomic mass is 10.1. The van der Waals surface area contributed by atoms with Gasteiger partial charge in [-0.1, -0.05) is 0 Å². The van der Waals surface area contributed by atoms with Crippen LogP contribution in [0.3, 0.4) is 0 Å². The van der Waals surface area contributed by atoms with Crippen LogP contribution >= 0.6 is 0 Å². The van der Waals surface area contributed by atoms with Gasteiger partial charge in [-0.25, -0.2) is 8.78 Å². The summed E-state index contributed by atoms with van der Waals surface area (Å²) in [6, 6.07) is 0.487. The van der Waals surface area contributed by atoms with Gasteiger partial charge in [0.05, 0.1) is 0 Å². The highest BCUT2D eigenvalue weighted by molar-refractivity contribution is 5.44. The summed E-state index contributed by atoms with van der Waals surface area (Å²) in [5.41, 5.74) is -3.71. The van der Waals surface area contributed by atoms with Gasteiger partial charge in [-0.05, 0) is 16.0 Å². The molecule has 1 rings (SSSR count). The zero-order valence-corrected chi connectivity index (χ0v) is 8.26. The van der Waals surface area contributed by atoms with E-state index in [4.69, 9.17) is 0 Å². The first-order valence-electron chi connectivity index (χ1n) is 4.16. The standard InChI is InChI=1S/C8H5F5N2O2/c1-3-2-4(6(9)10)5(8(11,12)13)7(14-3)15(16)17/h2,6H,1H3. The predicted molar refractivity (Wildman–Crippen MR) is 45.6 cm³/mol. The summed E-state index contributed by atoms with van der Waals surface area (Å²) < 4.78 is 62.3. The van der Waals surface area contributed by atoms with Crippen LogP contribution in [0.4, 0.5) is 27.8 Å². The number of alkyl halides is 5. The van der Waals surface area contributed by atoms with Crippen molar-refractivity contribution in [2.45, 2.75) is 19.5 Å². The molecular formula is C8H5F5N2O2. The summed E-state index contributed by atoms with van der Waals surface area (Å²) in [5.74, 6) is -1.60. The van der Waals surface area contributed by atoms with Crippen LogP contribution in [0.15, 0.2) is 6.07 Å². The molecule has 1 aromatic heterocycles. The summed E-state index contributed by atoms with van der Waals surface area (Å²) in [5, 5.41) is 10.4. The van der Waals surface area contributed by atoms with E-state index in [-0.39, 0.29) is 5.69 Å². The van der Waals surface area contributed by atoms with E-state index in [1.807, 2.05) is 0 Å². The van der Waals surface area contributed by atoms with E-state index in [1.54, 1.807) is 0 Å². The lowest BCUT2D eigenvalue weighted by Crippen LogP contribution is -2.15. The maximum Gasteiger partial charge on any atom is 0.425 e. The number of halogens is 5. The molecule has 0 fully saturated rings. The van der Waals surface area contributed by atoms with E-state index in [1.165, 1.54) is 0 Å². The Balaban J connectivity index is 3.66. The Kier molecular flexibility index (Phi) is 3.30. The average molecular weight is 256 g/mol. The first-order chi connectivity index (χ1) is 7.64. The summed E-state index contributed by atoms with van der Waals surface area (Å²) >= 11 is 0. The van der Waals surface area contributed by atoms with Gasteiger partial charge in [-0.15, -0.1) is 0 Å². The van der Waals surface area contributed by atoms with Gasteiger partial charge in [-0.2, -0.15) is 13.2 Å². The molecule has 0 aliphatic carbocycles. The maximum absolute atomic E-state index is 12.5. The normalized spacial score (nSPS) is 11.9. The quantitative estimate of drug-likeness (QED) is 0.463. The second kappa shape index (κ2) is 4.22. The number of nitrogens with zero attached hydrogens (tertiary/aromatic N) is 2. The molecule has 0 radical (unpaired) electrons. The molecule has 17 heavy (non-hydrogen) atoms. The van der Waals surface area contributed by atoms with E-state index >= 15 is 0 Å². The van der Waals surface area contributed by atoms with Gasteiger partial charge in [0.25, 0.3) is 6.43 Å². The molecule has 0 aliphatic heterocycles. The molecule has 4 nitrogen and oxygen atoms in total. The molecule has 94 valence electrons.